The molecule has 3 aromatic rings. The van der Waals surface area contributed by atoms with Crippen LogP contribution < -0.4 is 20.1 Å². The van der Waals surface area contributed by atoms with Crippen LogP contribution in [0.5, 0.6) is 11.5 Å². The summed E-state index contributed by atoms with van der Waals surface area (Å²) in [6, 6.07) is 14.2. The number of nitrogens with one attached hydrogen (secondary N) is 2. The summed E-state index contributed by atoms with van der Waals surface area (Å²) >= 11 is 7.46. The van der Waals surface area contributed by atoms with Crippen molar-refractivity contribution < 1.29 is 19.1 Å². The van der Waals surface area contributed by atoms with Crippen LogP contribution in [0.1, 0.15) is 41.1 Å². The summed E-state index contributed by atoms with van der Waals surface area (Å²) in [4.78, 5) is 27.4. The van der Waals surface area contributed by atoms with Crippen LogP contribution in [0.4, 0.5) is 10.7 Å². The number of benzene rings is 2. The van der Waals surface area contributed by atoms with Gasteiger partial charge in [0.15, 0.2) is 6.10 Å². The Morgan fingerprint density at radius 3 is 2.73 bits per heavy atom. The molecule has 4 rings (SSSR count). The number of thiophene rings is 1. The van der Waals surface area contributed by atoms with Gasteiger partial charge in [-0.1, -0.05) is 29.8 Å². The first-order valence-electron chi connectivity index (χ1n) is 10.9. The van der Waals surface area contributed by atoms with E-state index in [0.29, 0.717) is 39.4 Å². The van der Waals surface area contributed by atoms with Gasteiger partial charge in [0.05, 0.1) is 17.9 Å². The van der Waals surface area contributed by atoms with E-state index >= 15 is 0 Å². The van der Waals surface area contributed by atoms with E-state index in [0.717, 1.165) is 29.7 Å². The van der Waals surface area contributed by atoms with Gasteiger partial charge in [-0.05, 0) is 69.0 Å². The smallest absolute Gasteiger partial charge is 0.265 e. The van der Waals surface area contributed by atoms with Crippen molar-refractivity contribution in [2.45, 2.75) is 39.2 Å². The largest absolute Gasteiger partial charge is 0.492 e. The summed E-state index contributed by atoms with van der Waals surface area (Å²) in [5.41, 5.74) is 2.12. The van der Waals surface area contributed by atoms with E-state index in [4.69, 9.17) is 21.1 Å². The van der Waals surface area contributed by atoms with Gasteiger partial charge in [-0.25, -0.2) is 0 Å². The van der Waals surface area contributed by atoms with E-state index in [1.807, 2.05) is 25.1 Å². The Balaban J connectivity index is 1.54. The molecule has 0 saturated heterocycles. The first-order valence-corrected chi connectivity index (χ1v) is 12.1. The lowest BCUT2D eigenvalue weighted by Crippen LogP contribution is -2.30. The first kappa shape index (κ1) is 23.1. The number of anilines is 2. The lowest BCUT2D eigenvalue weighted by Gasteiger charge is -2.16. The van der Waals surface area contributed by atoms with E-state index in [1.165, 1.54) is 11.3 Å². The van der Waals surface area contributed by atoms with Gasteiger partial charge in [-0.2, -0.15) is 0 Å². The third-order valence-corrected chi connectivity index (χ3v) is 6.74. The van der Waals surface area contributed by atoms with Crippen molar-refractivity contribution in [2.75, 3.05) is 17.2 Å². The number of carbonyl (C=O) groups excluding carboxylic acids is 2. The van der Waals surface area contributed by atoms with Crippen LogP contribution in [0, 0.1) is 0 Å². The lowest BCUT2D eigenvalue weighted by atomic mass is 10.1. The second-order valence-corrected chi connectivity index (χ2v) is 9.19. The van der Waals surface area contributed by atoms with Gasteiger partial charge in [0, 0.05) is 9.90 Å². The lowest BCUT2D eigenvalue weighted by molar-refractivity contribution is -0.122. The average molecular weight is 485 g/mol. The molecule has 1 aliphatic rings. The van der Waals surface area contributed by atoms with Crippen molar-refractivity contribution in [3.8, 4) is 11.5 Å². The van der Waals surface area contributed by atoms with Crippen LogP contribution >= 0.6 is 22.9 Å². The minimum atomic E-state index is -0.769. The zero-order chi connectivity index (χ0) is 23.4. The number of fused-ring (bicyclic) bond motifs is 1. The maximum Gasteiger partial charge on any atom is 0.265 e. The maximum atomic E-state index is 13.3. The number of amides is 2. The van der Waals surface area contributed by atoms with Crippen LogP contribution in [0.25, 0.3) is 0 Å². The van der Waals surface area contributed by atoms with Gasteiger partial charge in [-0.3, -0.25) is 9.59 Å². The number of para-hydroxylation sites is 2. The second kappa shape index (κ2) is 10.3. The molecule has 2 amide bonds. The Morgan fingerprint density at radius 1 is 1.12 bits per heavy atom. The molecule has 2 N–H and O–H groups in total. The second-order valence-electron chi connectivity index (χ2n) is 7.65. The predicted octanol–water partition coefficient (Wildman–Crippen LogP) is 5.95. The number of rotatable bonds is 8. The summed E-state index contributed by atoms with van der Waals surface area (Å²) in [7, 11) is 0. The molecule has 8 heteroatoms. The van der Waals surface area contributed by atoms with Crippen molar-refractivity contribution in [1.82, 2.24) is 0 Å². The van der Waals surface area contributed by atoms with E-state index in [9.17, 15) is 9.59 Å². The standard InChI is InChI=1S/C25H25ClN2O4S/c1-3-31-20-12-5-4-11-19(20)27-24(30)22-18-10-7-13-21(18)33-25(22)28-23(29)15(2)32-17-9-6-8-16(26)14-17/h4-6,8-9,11-12,14-15H,3,7,10,13H2,1-2H3,(H,27,30)(H,28,29)/t15-/m1/s1. The van der Waals surface area contributed by atoms with Gasteiger partial charge < -0.3 is 20.1 Å². The van der Waals surface area contributed by atoms with Crippen molar-refractivity contribution in [3.63, 3.8) is 0 Å². The minimum Gasteiger partial charge on any atom is -0.492 e. The SMILES string of the molecule is CCOc1ccccc1NC(=O)c1c(NC(=O)[C@@H](C)Oc2cccc(Cl)c2)sc2c1CCC2. The minimum absolute atomic E-state index is 0.264. The van der Waals surface area contributed by atoms with Crippen LogP contribution in [0.3, 0.4) is 0 Å². The number of hydrogen-bond acceptors (Lipinski definition) is 5. The summed E-state index contributed by atoms with van der Waals surface area (Å²) in [6.07, 6.45) is 1.95. The highest BCUT2D eigenvalue weighted by atomic mass is 35.5. The Labute approximate surface area is 201 Å². The fourth-order valence-corrected chi connectivity index (χ4v) is 5.25. The number of carbonyl (C=O) groups is 2. The maximum absolute atomic E-state index is 13.3. The predicted molar refractivity (Wildman–Crippen MR) is 132 cm³/mol. The highest BCUT2D eigenvalue weighted by Gasteiger charge is 2.29. The van der Waals surface area contributed by atoms with Gasteiger partial charge >= 0.3 is 0 Å². The molecule has 33 heavy (non-hydrogen) atoms. The van der Waals surface area contributed by atoms with Crippen LogP contribution in [-0.4, -0.2) is 24.5 Å². The first-order chi connectivity index (χ1) is 16.0. The van der Waals surface area contributed by atoms with Gasteiger partial charge in [0.1, 0.15) is 16.5 Å². The molecule has 0 bridgehead atoms. The molecule has 1 heterocycles. The molecule has 1 aliphatic carbocycles. The highest BCUT2D eigenvalue weighted by molar-refractivity contribution is 7.17. The molecule has 0 unspecified atom stereocenters. The Bertz CT molecular complexity index is 1180. The van der Waals surface area contributed by atoms with Crippen LogP contribution in [0.15, 0.2) is 48.5 Å². The van der Waals surface area contributed by atoms with E-state index in [2.05, 4.69) is 10.6 Å². The molecule has 2 aromatic carbocycles. The van der Waals surface area contributed by atoms with Gasteiger partial charge in [0.2, 0.25) is 0 Å². The molecule has 1 aromatic heterocycles. The van der Waals surface area contributed by atoms with E-state index in [-0.39, 0.29) is 11.8 Å². The quantitative estimate of drug-likeness (QED) is 0.414. The number of halogens is 1. The third-order valence-electron chi connectivity index (χ3n) is 5.30. The molecular formula is C25H25ClN2O4S. The molecule has 6 nitrogen and oxygen atoms in total. The zero-order valence-electron chi connectivity index (χ0n) is 18.4. The molecule has 0 radical (unpaired) electrons. The molecule has 0 fully saturated rings. The van der Waals surface area contributed by atoms with Gasteiger partial charge in [0.25, 0.3) is 11.8 Å². The van der Waals surface area contributed by atoms with Gasteiger partial charge in [-0.15, -0.1) is 11.3 Å². The molecule has 0 spiro atoms. The Kier molecular flexibility index (Phi) is 7.20. The Hall–Kier alpha value is -3.03. The third kappa shape index (κ3) is 5.31. The number of hydrogen-bond donors (Lipinski definition) is 2. The topological polar surface area (TPSA) is 76.7 Å². The monoisotopic (exact) mass is 484 g/mol. The fraction of sp³-hybridized carbons (Fsp3) is 0.280. The molecule has 0 aliphatic heterocycles. The molecule has 0 saturated carbocycles. The highest BCUT2D eigenvalue weighted by Crippen LogP contribution is 2.40. The van der Waals surface area contributed by atoms with Crippen molar-refractivity contribution in [2.24, 2.45) is 0 Å². The van der Waals surface area contributed by atoms with E-state index < -0.39 is 6.10 Å². The number of ether oxygens (including phenoxy) is 2. The molecular weight excluding hydrogens is 460 g/mol. The summed E-state index contributed by atoms with van der Waals surface area (Å²) in [5, 5.41) is 6.94. The normalized spacial score (nSPS) is 13.2. The summed E-state index contributed by atoms with van der Waals surface area (Å²) < 4.78 is 11.4. The molecule has 1 atom stereocenters. The zero-order valence-corrected chi connectivity index (χ0v) is 20.0. The van der Waals surface area contributed by atoms with Crippen LogP contribution in [0.2, 0.25) is 5.02 Å². The average Bonchev–Trinajstić information content (AvgIpc) is 3.36. The van der Waals surface area contributed by atoms with Crippen molar-refractivity contribution in [3.05, 3.63) is 69.6 Å². The van der Waals surface area contributed by atoms with Crippen molar-refractivity contribution >= 4 is 45.4 Å². The Morgan fingerprint density at radius 2 is 1.94 bits per heavy atom. The summed E-state index contributed by atoms with van der Waals surface area (Å²) in [6.45, 7) is 4.05. The van der Waals surface area contributed by atoms with Crippen molar-refractivity contribution in [1.29, 1.82) is 0 Å². The summed E-state index contributed by atoms with van der Waals surface area (Å²) in [5.74, 6) is 0.512. The van der Waals surface area contributed by atoms with E-state index in [1.54, 1.807) is 37.3 Å². The van der Waals surface area contributed by atoms with Crippen LogP contribution in [-0.2, 0) is 17.6 Å². The molecule has 172 valence electrons. The fourth-order valence-electron chi connectivity index (χ4n) is 3.78. The number of aryl methyl sites for hydroxylation is 1.